The number of thiophene rings is 1. The van der Waals surface area contributed by atoms with E-state index in [0.29, 0.717) is 0 Å². The molecule has 0 fully saturated rings. The van der Waals surface area contributed by atoms with Gasteiger partial charge in [0.05, 0.1) is 17.1 Å². The van der Waals surface area contributed by atoms with Gasteiger partial charge in [-0.1, -0.05) is 97.1 Å². The lowest BCUT2D eigenvalue weighted by molar-refractivity contribution is 0.540. The predicted molar refractivity (Wildman–Crippen MR) is 227 cm³/mol. The van der Waals surface area contributed by atoms with Gasteiger partial charge in [-0.05, 0) is 104 Å². The standard InChI is InChI=1S/C47H35BN4S/c1-47(2)51(34-22-11-5-12-23-34)41-30-36-43(31-42(41)52(47)35-24-13-6-14-25-35)53-46-45(36)50(33-20-9-4-10-21-33)40-29-17-28-39-44(40)48(46)37-26-15-16-27-38(37)49(39)32-18-7-3-8-19-32/h3-31H,1-2H3. The van der Waals surface area contributed by atoms with Crippen LogP contribution < -0.4 is 35.3 Å². The molecule has 252 valence electrons. The van der Waals surface area contributed by atoms with E-state index in [9.17, 15) is 0 Å². The molecule has 11 rings (SSSR count). The van der Waals surface area contributed by atoms with Gasteiger partial charge in [0.15, 0.2) is 0 Å². The van der Waals surface area contributed by atoms with Gasteiger partial charge in [-0.15, -0.1) is 11.3 Å². The zero-order chi connectivity index (χ0) is 35.3. The summed E-state index contributed by atoms with van der Waals surface area (Å²) in [6, 6.07) is 64.3. The van der Waals surface area contributed by atoms with Crippen molar-refractivity contribution in [2.75, 3.05) is 19.6 Å². The van der Waals surface area contributed by atoms with Crippen LogP contribution in [0.15, 0.2) is 176 Å². The van der Waals surface area contributed by atoms with E-state index in [0.717, 1.165) is 5.69 Å². The third-order valence-corrected chi connectivity index (χ3v) is 12.4. The summed E-state index contributed by atoms with van der Waals surface area (Å²) in [5.74, 6) is 0. The minimum absolute atomic E-state index is 0.0893. The smallest absolute Gasteiger partial charge is 0.264 e. The predicted octanol–water partition coefficient (Wildman–Crippen LogP) is 11.0. The van der Waals surface area contributed by atoms with Crippen molar-refractivity contribution in [3.05, 3.63) is 176 Å². The molecule has 6 heteroatoms. The molecular weight excluding hydrogens is 663 g/mol. The maximum atomic E-state index is 2.54. The molecule has 3 aliphatic heterocycles. The fraction of sp³-hybridized carbons (Fsp3) is 0.0638. The van der Waals surface area contributed by atoms with Crippen molar-refractivity contribution >= 4 is 101 Å². The van der Waals surface area contributed by atoms with Gasteiger partial charge in [-0.3, -0.25) is 0 Å². The second-order valence-electron chi connectivity index (χ2n) is 14.5. The number of hydrogen-bond acceptors (Lipinski definition) is 5. The van der Waals surface area contributed by atoms with Crippen molar-refractivity contribution < 1.29 is 0 Å². The number of anilines is 10. The van der Waals surface area contributed by atoms with Gasteiger partial charge >= 0.3 is 0 Å². The maximum Gasteiger partial charge on any atom is 0.264 e. The molecule has 1 aromatic heterocycles. The number of rotatable bonds is 4. The second kappa shape index (κ2) is 11.4. The van der Waals surface area contributed by atoms with Gasteiger partial charge < -0.3 is 19.6 Å². The van der Waals surface area contributed by atoms with Gasteiger partial charge in [0.2, 0.25) is 0 Å². The van der Waals surface area contributed by atoms with Crippen LogP contribution in [-0.2, 0) is 0 Å². The highest BCUT2D eigenvalue weighted by Gasteiger charge is 2.48. The van der Waals surface area contributed by atoms with Crippen LogP contribution in [-0.4, -0.2) is 12.4 Å². The molecule has 0 saturated heterocycles. The largest absolute Gasteiger partial charge is 0.316 e. The maximum absolute atomic E-state index is 2.54. The van der Waals surface area contributed by atoms with E-state index >= 15 is 0 Å². The first-order chi connectivity index (χ1) is 26.1. The SMILES string of the molecule is CC1(C)N(c2ccccc2)c2cc3sc4c(c3cc2N1c1ccccc1)N(c1ccccc1)c1cccc2c1B4c1ccccc1N2c1ccccc1. The Morgan fingerprint density at radius 2 is 0.925 bits per heavy atom. The Balaban J connectivity index is 1.22. The molecule has 0 radical (unpaired) electrons. The number of hydrogen-bond donors (Lipinski definition) is 0. The minimum atomic E-state index is -0.363. The number of benzene rings is 7. The fourth-order valence-corrected chi connectivity index (χ4v) is 10.5. The molecule has 8 aromatic rings. The summed E-state index contributed by atoms with van der Waals surface area (Å²) in [5, 5.41) is 1.28. The summed E-state index contributed by atoms with van der Waals surface area (Å²) in [7, 11) is 0. The van der Waals surface area contributed by atoms with Crippen LogP contribution in [0, 0.1) is 0 Å². The van der Waals surface area contributed by atoms with Crippen molar-refractivity contribution in [1.82, 2.24) is 0 Å². The van der Waals surface area contributed by atoms with Crippen LogP contribution in [0.4, 0.5) is 56.9 Å². The van der Waals surface area contributed by atoms with E-state index in [1.807, 2.05) is 11.3 Å². The zero-order valence-corrected chi connectivity index (χ0v) is 30.3. The van der Waals surface area contributed by atoms with Gasteiger partial charge in [0.25, 0.3) is 6.71 Å². The Labute approximate surface area is 314 Å². The molecule has 4 nitrogen and oxygen atoms in total. The van der Waals surface area contributed by atoms with Crippen LogP contribution in [0.25, 0.3) is 10.1 Å². The topological polar surface area (TPSA) is 13.0 Å². The molecule has 7 aromatic carbocycles. The highest BCUT2D eigenvalue weighted by molar-refractivity contribution is 7.33. The lowest BCUT2D eigenvalue weighted by Gasteiger charge is -2.43. The molecule has 0 bridgehead atoms. The molecule has 0 unspecified atom stereocenters. The first-order valence-corrected chi connectivity index (χ1v) is 19.1. The quantitative estimate of drug-likeness (QED) is 0.170. The molecule has 53 heavy (non-hydrogen) atoms. The molecule has 4 heterocycles. The average Bonchev–Trinajstić information content (AvgIpc) is 3.68. The van der Waals surface area contributed by atoms with Crippen LogP contribution in [0.1, 0.15) is 13.8 Å². The van der Waals surface area contributed by atoms with Crippen LogP contribution >= 0.6 is 11.3 Å². The highest BCUT2D eigenvalue weighted by atomic mass is 32.1. The summed E-state index contributed by atoms with van der Waals surface area (Å²) < 4.78 is 2.67. The Morgan fingerprint density at radius 3 is 1.53 bits per heavy atom. The van der Waals surface area contributed by atoms with E-state index in [2.05, 4.69) is 209 Å². The Bertz CT molecular complexity index is 2680. The van der Waals surface area contributed by atoms with Crippen LogP contribution in [0.5, 0.6) is 0 Å². The van der Waals surface area contributed by atoms with Crippen molar-refractivity contribution in [3.8, 4) is 0 Å². The van der Waals surface area contributed by atoms with Gasteiger partial charge in [0.1, 0.15) is 5.66 Å². The van der Waals surface area contributed by atoms with Crippen molar-refractivity contribution in [2.45, 2.75) is 19.5 Å². The first kappa shape index (κ1) is 30.4. The summed E-state index contributed by atoms with van der Waals surface area (Å²) >= 11 is 1.95. The minimum Gasteiger partial charge on any atom is -0.316 e. The van der Waals surface area contributed by atoms with Crippen LogP contribution in [0.3, 0.4) is 0 Å². The summed E-state index contributed by atoms with van der Waals surface area (Å²) in [4.78, 5) is 10.0. The van der Waals surface area contributed by atoms with Crippen molar-refractivity contribution in [1.29, 1.82) is 0 Å². The summed E-state index contributed by atoms with van der Waals surface area (Å²) in [5.41, 5.74) is 14.4. The fourth-order valence-electron chi connectivity index (χ4n) is 9.21. The molecule has 0 aliphatic carbocycles. The molecule has 0 spiro atoms. The van der Waals surface area contributed by atoms with E-state index < -0.39 is 0 Å². The lowest BCUT2D eigenvalue weighted by atomic mass is 9.36. The number of nitrogens with zero attached hydrogens (tertiary/aromatic N) is 4. The molecule has 0 amide bonds. The Morgan fingerprint density at radius 1 is 0.453 bits per heavy atom. The first-order valence-electron chi connectivity index (χ1n) is 18.3. The third-order valence-electron chi connectivity index (χ3n) is 11.2. The van der Waals surface area contributed by atoms with Crippen molar-refractivity contribution in [2.24, 2.45) is 0 Å². The monoisotopic (exact) mass is 698 g/mol. The molecule has 0 N–H and O–H groups in total. The van der Waals surface area contributed by atoms with E-state index in [4.69, 9.17) is 0 Å². The van der Waals surface area contributed by atoms with E-state index in [-0.39, 0.29) is 12.4 Å². The highest BCUT2D eigenvalue weighted by Crippen LogP contribution is 2.56. The Hall–Kier alpha value is -6.24. The van der Waals surface area contributed by atoms with E-state index in [1.54, 1.807) is 0 Å². The number of fused-ring (bicyclic) bond motifs is 7. The van der Waals surface area contributed by atoms with E-state index in [1.165, 1.54) is 77.0 Å². The zero-order valence-electron chi connectivity index (χ0n) is 29.5. The van der Waals surface area contributed by atoms with Gasteiger partial charge in [0, 0.05) is 54.7 Å². The van der Waals surface area contributed by atoms with Gasteiger partial charge in [-0.25, -0.2) is 0 Å². The van der Waals surface area contributed by atoms with Gasteiger partial charge in [-0.2, -0.15) is 0 Å². The summed E-state index contributed by atoms with van der Waals surface area (Å²) in [6.45, 7) is 4.76. The molecule has 3 aliphatic rings. The third kappa shape index (κ3) is 4.30. The van der Waals surface area contributed by atoms with Crippen molar-refractivity contribution in [3.63, 3.8) is 0 Å². The number of para-hydroxylation sites is 5. The Kier molecular flexibility index (Phi) is 6.53. The average molecular weight is 699 g/mol. The van der Waals surface area contributed by atoms with Crippen LogP contribution in [0.2, 0.25) is 0 Å². The lowest BCUT2D eigenvalue weighted by Crippen LogP contribution is -2.60. The normalized spacial score (nSPS) is 14.9. The second-order valence-corrected chi connectivity index (χ2v) is 15.6. The molecule has 0 saturated carbocycles. The summed E-state index contributed by atoms with van der Waals surface area (Å²) in [6.07, 6.45) is 0. The molecular formula is C47H35BN4S. The molecule has 0 atom stereocenters.